The average Bonchev–Trinajstić information content (AvgIpc) is 2.88. The van der Waals surface area contributed by atoms with Crippen molar-refractivity contribution >= 4 is 34.2 Å². The van der Waals surface area contributed by atoms with Crippen molar-refractivity contribution in [3.63, 3.8) is 0 Å². The molecule has 4 nitrogen and oxygen atoms in total. The summed E-state index contributed by atoms with van der Waals surface area (Å²) in [6.07, 6.45) is 0. The molecule has 0 amide bonds. The quantitative estimate of drug-likeness (QED) is 0.764. The lowest BCUT2D eigenvalue weighted by Gasteiger charge is -2.08. The molecule has 0 aliphatic rings. The number of benzene rings is 2. The molecule has 108 valence electrons. The molecule has 1 heterocycles. The molecule has 0 fully saturated rings. The van der Waals surface area contributed by atoms with Gasteiger partial charge in [0, 0.05) is 11.1 Å². The van der Waals surface area contributed by atoms with Gasteiger partial charge in [0.2, 0.25) is 0 Å². The highest BCUT2D eigenvalue weighted by atomic mass is 35.5. The fourth-order valence-electron chi connectivity index (χ4n) is 1.99. The third-order valence-electron chi connectivity index (χ3n) is 3.04. The first-order chi connectivity index (χ1) is 10.2. The minimum atomic E-state index is -0.146. The molecule has 6 heteroatoms. The second-order valence-corrected chi connectivity index (χ2v) is 5.40. The molecule has 0 aliphatic carbocycles. The van der Waals surface area contributed by atoms with E-state index in [0.717, 1.165) is 11.1 Å². The maximum Gasteiger partial charge on any atom is 0.140 e. The molecule has 0 radical (unpaired) electrons. The van der Waals surface area contributed by atoms with Gasteiger partial charge in [-0.1, -0.05) is 35.3 Å². The number of nitrogens with one attached hydrogen (secondary N) is 1. The van der Waals surface area contributed by atoms with Crippen LogP contribution in [-0.2, 0) is 13.2 Å². The summed E-state index contributed by atoms with van der Waals surface area (Å²) in [7, 11) is 0. The number of fused-ring (bicyclic) bond motifs is 1. The van der Waals surface area contributed by atoms with Gasteiger partial charge >= 0.3 is 0 Å². The maximum atomic E-state index is 9.08. The number of aromatic nitrogens is 2. The largest absolute Gasteiger partial charge is 0.487 e. The van der Waals surface area contributed by atoms with Crippen LogP contribution in [0.5, 0.6) is 5.75 Å². The Kier molecular flexibility index (Phi) is 4.01. The summed E-state index contributed by atoms with van der Waals surface area (Å²) < 4.78 is 5.72. The Morgan fingerprint density at radius 2 is 1.90 bits per heavy atom. The molecular weight excluding hydrogens is 311 g/mol. The molecule has 0 atom stereocenters. The standard InChI is InChI=1S/C15H12Cl2N2O2/c16-10-3-1-9(2-4-10)8-21-14-6-13-12(5-11(14)17)18-15(7-20)19-13/h1-6,20H,7-8H2,(H,18,19). The van der Waals surface area contributed by atoms with E-state index < -0.39 is 0 Å². The Morgan fingerprint density at radius 3 is 2.62 bits per heavy atom. The summed E-state index contributed by atoms with van der Waals surface area (Å²) >= 11 is 12.0. The van der Waals surface area contributed by atoms with E-state index in [2.05, 4.69) is 9.97 Å². The highest BCUT2D eigenvalue weighted by Crippen LogP contribution is 2.29. The van der Waals surface area contributed by atoms with Gasteiger partial charge in [-0.05, 0) is 23.8 Å². The van der Waals surface area contributed by atoms with Crippen molar-refractivity contribution in [2.45, 2.75) is 13.2 Å². The highest BCUT2D eigenvalue weighted by Gasteiger charge is 2.09. The second-order valence-electron chi connectivity index (χ2n) is 4.56. The van der Waals surface area contributed by atoms with Crippen molar-refractivity contribution in [3.8, 4) is 5.75 Å². The van der Waals surface area contributed by atoms with Crippen LogP contribution in [0.1, 0.15) is 11.4 Å². The van der Waals surface area contributed by atoms with Crippen molar-refractivity contribution < 1.29 is 9.84 Å². The number of nitrogens with zero attached hydrogens (tertiary/aromatic N) is 1. The van der Waals surface area contributed by atoms with E-state index in [1.54, 1.807) is 12.1 Å². The highest BCUT2D eigenvalue weighted by molar-refractivity contribution is 6.32. The van der Waals surface area contributed by atoms with Gasteiger partial charge in [-0.2, -0.15) is 0 Å². The van der Waals surface area contributed by atoms with Crippen LogP contribution in [0, 0.1) is 0 Å². The topological polar surface area (TPSA) is 58.1 Å². The van der Waals surface area contributed by atoms with Crippen LogP contribution in [0.3, 0.4) is 0 Å². The molecule has 2 aromatic carbocycles. The Bertz CT molecular complexity index is 769. The Hall–Kier alpha value is -1.75. The number of aliphatic hydroxyl groups is 1. The van der Waals surface area contributed by atoms with Crippen LogP contribution in [0.25, 0.3) is 11.0 Å². The number of ether oxygens (including phenoxy) is 1. The van der Waals surface area contributed by atoms with E-state index >= 15 is 0 Å². The summed E-state index contributed by atoms with van der Waals surface area (Å²) in [6, 6.07) is 10.9. The first kappa shape index (κ1) is 14.2. The van der Waals surface area contributed by atoms with Gasteiger partial charge in [-0.15, -0.1) is 0 Å². The van der Waals surface area contributed by atoms with Crippen LogP contribution in [0.2, 0.25) is 10.0 Å². The molecule has 0 spiro atoms. The normalized spacial score (nSPS) is 11.0. The van der Waals surface area contributed by atoms with Gasteiger partial charge in [0.05, 0.1) is 16.1 Å². The molecule has 3 rings (SSSR count). The summed E-state index contributed by atoms with van der Waals surface area (Å²) in [5.74, 6) is 1.05. The number of aromatic amines is 1. The molecule has 2 N–H and O–H groups in total. The summed E-state index contributed by atoms with van der Waals surface area (Å²) in [5, 5.41) is 10.3. The third kappa shape index (κ3) is 3.13. The first-order valence-corrected chi connectivity index (χ1v) is 7.07. The van der Waals surface area contributed by atoms with E-state index in [4.69, 9.17) is 33.0 Å². The van der Waals surface area contributed by atoms with Crippen LogP contribution >= 0.6 is 23.2 Å². The van der Waals surface area contributed by atoms with E-state index in [1.165, 1.54) is 0 Å². The van der Waals surface area contributed by atoms with E-state index in [0.29, 0.717) is 33.7 Å². The van der Waals surface area contributed by atoms with Gasteiger partial charge in [-0.25, -0.2) is 4.98 Å². The number of imidazole rings is 1. The first-order valence-electron chi connectivity index (χ1n) is 6.32. The van der Waals surface area contributed by atoms with Crippen molar-refractivity contribution in [2.24, 2.45) is 0 Å². The lowest BCUT2D eigenvalue weighted by molar-refractivity contribution is 0.273. The van der Waals surface area contributed by atoms with Crippen molar-refractivity contribution in [3.05, 3.63) is 57.8 Å². The zero-order valence-electron chi connectivity index (χ0n) is 10.9. The monoisotopic (exact) mass is 322 g/mol. The number of rotatable bonds is 4. The smallest absolute Gasteiger partial charge is 0.140 e. The molecule has 0 bridgehead atoms. The van der Waals surface area contributed by atoms with E-state index in [-0.39, 0.29) is 6.61 Å². The third-order valence-corrected chi connectivity index (χ3v) is 3.59. The van der Waals surface area contributed by atoms with Crippen molar-refractivity contribution in [1.29, 1.82) is 0 Å². The number of aliphatic hydroxyl groups excluding tert-OH is 1. The number of hydrogen-bond acceptors (Lipinski definition) is 3. The molecule has 0 saturated heterocycles. The van der Waals surface area contributed by atoms with Gasteiger partial charge in [0.15, 0.2) is 0 Å². The zero-order valence-corrected chi connectivity index (χ0v) is 12.4. The van der Waals surface area contributed by atoms with E-state index in [1.807, 2.05) is 24.3 Å². The SMILES string of the molecule is OCc1nc2cc(OCc3ccc(Cl)cc3)c(Cl)cc2[nH]1. The fraction of sp³-hybridized carbons (Fsp3) is 0.133. The summed E-state index contributed by atoms with van der Waals surface area (Å²) in [5.41, 5.74) is 2.46. The lowest BCUT2D eigenvalue weighted by atomic mass is 10.2. The minimum Gasteiger partial charge on any atom is -0.487 e. The predicted octanol–water partition coefficient (Wildman–Crippen LogP) is 3.94. The average molecular weight is 323 g/mol. The zero-order chi connectivity index (χ0) is 14.8. The summed E-state index contributed by atoms with van der Waals surface area (Å²) in [4.78, 5) is 7.22. The van der Waals surface area contributed by atoms with Gasteiger partial charge < -0.3 is 14.8 Å². The molecule has 21 heavy (non-hydrogen) atoms. The maximum absolute atomic E-state index is 9.08. The molecule has 0 aliphatic heterocycles. The second kappa shape index (κ2) is 5.93. The molecule has 1 aromatic heterocycles. The molecular formula is C15H12Cl2N2O2. The Morgan fingerprint density at radius 1 is 1.14 bits per heavy atom. The minimum absolute atomic E-state index is 0.146. The Labute approximate surface area is 131 Å². The predicted molar refractivity (Wildman–Crippen MR) is 82.8 cm³/mol. The summed E-state index contributed by atoms with van der Waals surface area (Å²) in [6.45, 7) is 0.243. The van der Waals surface area contributed by atoms with Crippen molar-refractivity contribution in [2.75, 3.05) is 0 Å². The lowest BCUT2D eigenvalue weighted by Crippen LogP contribution is -1.95. The number of hydrogen-bond donors (Lipinski definition) is 2. The van der Waals surface area contributed by atoms with Gasteiger partial charge in [0.25, 0.3) is 0 Å². The Balaban J connectivity index is 1.82. The van der Waals surface area contributed by atoms with Gasteiger partial charge in [0.1, 0.15) is 24.8 Å². The van der Waals surface area contributed by atoms with Crippen molar-refractivity contribution in [1.82, 2.24) is 9.97 Å². The van der Waals surface area contributed by atoms with Crippen LogP contribution < -0.4 is 4.74 Å². The number of H-pyrrole nitrogens is 1. The van der Waals surface area contributed by atoms with Crippen LogP contribution in [0.4, 0.5) is 0 Å². The fourth-order valence-corrected chi connectivity index (χ4v) is 2.34. The molecule has 0 saturated carbocycles. The van der Waals surface area contributed by atoms with Crippen LogP contribution in [-0.4, -0.2) is 15.1 Å². The molecule has 0 unspecified atom stereocenters. The van der Waals surface area contributed by atoms with Crippen LogP contribution in [0.15, 0.2) is 36.4 Å². The molecule has 3 aromatic rings. The van der Waals surface area contributed by atoms with Gasteiger partial charge in [-0.3, -0.25) is 0 Å². The van der Waals surface area contributed by atoms with E-state index in [9.17, 15) is 0 Å². The number of halogens is 2.